The summed E-state index contributed by atoms with van der Waals surface area (Å²) in [7, 11) is 0. The topological polar surface area (TPSA) is 107 Å². The van der Waals surface area contributed by atoms with E-state index in [1.54, 1.807) is 32.0 Å². The van der Waals surface area contributed by atoms with Crippen molar-refractivity contribution in [3.8, 4) is 0 Å². The van der Waals surface area contributed by atoms with Crippen molar-refractivity contribution in [3.05, 3.63) is 23.8 Å². The maximum absolute atomic E-state index is 11.7. The third-order valence-corrected chi connectivity index (χ3v) is 2.51. The van der Waals surface area contributed by atoms with E-state index in [0.29, 0.717) is 16.9 Å². The third kappa shape index (κ3) is 4.17. The quantitative estimate of drug-likeness (QED) is 0.527. The second-order valence-corrected chi connectivity index (χ2v) is 4.20. The summed E-state index contributed by atoms with van der Waals surface area (Å²) in [5.41, 5.74) is 12.2. The van der Waals surface area contributed by atoms with Crippen LogP contribution in [-0.2, 0) is 9.53 Å². The lowest BCUT2D eigenvalue weighted by Gasteiger charge is -2.16. The lowest BCUT2D eigenvalue weighted by Crippen LogP contribution is -2.24. The van der Waals surface area contributed by atoms with Crippen LogP contribution in [0.3, 0.4) is 0 Å². The van der Waals surface area contributed by atoms with Gasteiger partial charge in [0, 0.05) is 12.5 Å². The number of anilines is 2. The number of nitrogens with one attached hydrogen (secondary N) is 1. The molecule has 1 aromatic rings. The predicted molar refractivity (Wildman–Crippen MR) is 73.7 cm³/mol. The van der Waals surface area contributed by atoms with Gasteiger partial charge in [0.05, 0.1) is 23.5 Å². The molecule has 1 rings (SSSR count). The molecule has 5 N–H and O–H groups in total. The average Bonchev–Trinajstić information content (AvgIpc) is 2.31. The van der Waals surface area contributed by atoms with Crippen molar-refractivity contribution in [2.45, 2.75) is 26.3 Å². The predicted octanol–water partition coefficient (Wildman–Crippen LogP) is 1.12. The van der Waals surface area contributed by atoms with Crippen LogP contribution in [0.15, 0.2) is 18.2 Å². The Morgan fingerprint density at radius 1 is 1.42 bits per heavy atom. The number of ether oxygens (including phenoxy) is 1. The highest BCUT2D eigenvalue weighted by Crippen LogP contribution is 2.24. The highest BCUT2D eigenvalue weighted by atomic mass is 16.5. The zero-order chi connectivity index (χ0) is 14.4. The van der Waals surface area contributed by atoms with Crippen LogP contribution in [0.1, 0.15) is 30.6 Å². The van der Waals surface area contributed by atoms with Gasteiger partial charge in [0.2, 0.25) is 5.91 Å². The third-order valence-electron chi connectivity index (χ3n) is 2.51. The van der Waals surface area contributed by atoms with Gasteiger partial charge in [0.15, 0.2) is 0 Å². The lowest BCUT2D eigenvalue weighted by molar-refractivity contribution is -0.118. The normalized spacial score (nSPS) is 11.7. The summed E-state index contributed by atoms with van der Waals surface area (Å²) in [5, 5.41) is 3.05. The molecule has 0 aliphatic rings. The number of rotatable bonds is 6. The molecule has 0 aliphatic carbocycles. The number of amides is 1. The van der Waals surface area contributed by atoms with Crippen molar-refractivity contribution in [2.75, 3.05) is 17.7 Å². The summed E-state index contributed by atoms with van der Waals surface area (Å²) in [6.07, 6.45) is 0.184. The molecule has 1 aromatic carbocycles. The van der Waals surface area contributed by atoms with E-state index in [0.717, 1.165) is 0 Å². The number of nitrogens with two attached hydrogens (primary N) is 2. The van der Waals surface area contributed by atoms with Crippen molar-refractivity contribution in [3.63, 3.8) is 0 Å². The molecule has 0 spiro atoms. The highest BCUT2D eigenvalue weighted by molar-refractivity contribution is 5.98. The summed E-state index contributed by atoms with van der Waals surface area (Å²) in [4.78, 5) is 22.5. The molecule has 19 heavy (non-hydrogen) atoms. The van der Waals surface area contributed by atoms with E-state index in [1.165, 1.54) is 0 Å². The zero-order valence-corrected chi connectivity index (χ0v) is 11.1. The molecule has 0 fully saturated rings. The van der Waals surface area contributed by atoms with Crippen molar-refractivity contribution >= 4 is 23.3 Å². The highest BCUT2D eigenvalue weighted by Gasteiger charge is 2.15. The van der Waals surface area contributed by atoms with Gasteiger partial charge in [0.1, 0.15) is 0 Å². The Bertz CT molecular complexity index is 474. The SMILES string of the molecule is CCOC(=O)c1cccc(NC(C)CC(N)=O)c1N. The van der Waals surface area contributed by atoms with E-state index < -0.39 is 11.9 Å². The minimum Gasteiger partial charge on any atom is -0.462 e. The summed E-state index contributed by atoms with van der Waals surface area (Å²) in [6, 6.07) is 4.85. The molecular formula is C13H19N3O3. The van der Waals surface area contributed by atoms with E-state index in [1.807, 2.05) is 0 Å². The summed E-state index contributed by atoms with van der Waals surface area (Å²) in [5.74, 6) is -0.869. The fourth-order valence-corrected chi connectivity index (χ4v) is 1.70. The van der Waals surface area contributed by atoms with Crippen LogP contribution in [0, 0.1) is 0 Å². The first-order valence-corrected chi connectivity index (χ1v) is 6.06. The minimum absolute atomic E-state index is 0.169. The minimum atomic E-state index is -0.466. The van der Waals surface area contributed by atoms with Gasteiger partial charge < -0.3 is 21.5 Å². The number of carbonyl (C=O) groups excluding carboxylic acids is 2. The van der Waals surface area contributed by atoms with Crippen LogP contribution in [0.5, 0.6) is 0 Å². The van der Waals surface area contributed by atoms with E-state index >= 15 is 0 Å². The molecular weight excluding hydrogens is 246 g/mol. The number of carbonyl (C=O) groups is 2. The Labute approximate surface area is 112 Å². The van der Waals surface area contributed by atoms with Crippen LogP contribution >= 0.6 is 0 Å². The summed E-state index contributed by atoms with van der Waals surface area (Å²) < 4.78 is 4.91. The zero-order valence-electron chi connectivity index (χ0n) is 11.1. The molecule has 0 radical (unpaired) electrons. The van der Waals surface area contributed by atoms with Gasteiger partial charge in [0.25, 0.3) is 0 Å². The van der Waals surface area contributed by atoms with Crippen molar-refractivity contribution in [1.29, 1.82) is 0 Å². The molecule has 0 heterocycles. The molecule has 0 saturated carbocycles. The first kappa shape index (κ1) is 14.8. The van der Waals surface area contributed by atoms with Crippen LogP contribution in [-0.4, -0.2) is 24.5 Å². The van der Waals surface area contributed by atoms with Crippen molar-refractivity contribution in [2.24, 2.45) is 5.73 Å². The van der Waals surface area contributed by atoms with E-state index in [4.69, 9.17) is 16.2 Å². The monoisotopic (exact) mass is 265 g/mol. The molecule has 6 nitrogen and oxygen atoms in total. The number of hydrogen-bond donors (Lipinski definition) is 3. The number of para-hydroxylation sites is 1. The van der Waals surface area contributed by atoms with Gasteiger partial charge in [-0.15, -0.1) is 0 Å². The second-order valence-electron chi connectivity index (χ2n) is 4.20. The molecule has 6 heteroatoms. The van der Waals surface area contributed by atoms with E-state index in [2.05, 4.69) is 5.32 Å². The molecule has 0 aromatic heterocycles. The molecule has 1 amide bonds. The number of primary amides is 1. The largest absolute Gasteiger partial charge is 0.462 e. The second kappa shape index (κ2) is 6.63. The molecule has 1 atom stereocenters. The Morgan fingerprint density at radius 2 is 2.11 bits per heavy atom. The molecule has 0 aliphatic heterocycles. The fourth-order valence-electron chi connectivity index (χ4n) is 1.70. The van der Waals surface area contributed by atoms with Crippen LogP contribution in [0.2, 0.25) is 0 Å². The first-order valence-electron chi connectivity index (χ1n) is 6.06. The molecule has 0 bridgehead atoms. The standard InChI is InChI=1S/C13H19N3O3/c1-3-19-13(18)9-5-4-6-10(12(9)15)16-8(2)7-11(14)17/h4-6,8,16H,3,7,15H2,1-2H3,(H2,14,17). The van der Waals surface area contributed by atoms with Crippen LogP contribution in [0.25, 0.3) is 0 Å². The van der Waals surface area contributed by atoms with Crippen molar-refractivity contribution in [1.82, 2.24) is 0 Å². The van der Waals surface area contributed by atoms with E-state index in [9.17, 15) is 9.59 Å². The fraction of sp³-hybridized carbons (Fsp3) is 0.385. The van der Waals surface area contributed by atoms with Gasteiger partial charge in [-0.2, -0.15) is 0 Å². The molecule has 0 saturated heterocycles. The van der Waals surface area contributed by atoms with Gasteiger partial charge in [-0.3, -0.25) is 4.79 Å². The van der Waals surface area contributed by atoms with Gasteiger partial charge in [-0.25, -0.2) is 4.79 Å². The average molecular weight is 265 g/mol. The summed E-state index contributed by atoms with van der Waals surface area (Å²) >= 11 is 0. The first-order chi connectivity index (χ1) is 8.95. The molecule has 1 unspecified atom stereocenters. The Hall–Kier alpha value is -2.24. The van der Waals surface area contributed by atoms with Crippen LogP contribution < -0.4 is 16.8 Å². The van der Waals surface area contributed by atoms with Gasteiger partial charge >= 0.3 is 5.97 Å². The number of hydrogen-bond acceptors (Lipinski definition) is 5. The molecule has 104 valence electrons. The number of benzene rings is 1. The number of esters is 1. The van der Waals surface area contributed by atoms with Gasteiger partial charge in [-0.05, 0) is 26.0 Å². The number of nitrogen functional groups attached to an aromatic ring is 1. The summed E-state index contributed by atoms with van der Waals surface area (Å²) in [6.45, 7) is 3.82. The smallest absolute Gasteiger partial charge is 0.340 e. The van der Waals surface area contributed by atoms with E-state index in [-0.39, 0.29) is 19.1 Å². The Kier molecular flexibility index (Phi) is 5.17. The van der Waals surface area contributed by atoms with Gasteiger partial charge in [-0.1, -0.05) is 6.07 Å². The van der Waals surface area contributed by atoms with Crippen LogP contribution in [0.4, 0.5) is 11.4 Å². The lowest BCUT2D eigenvalue weighted by atomic mass is 10.1. The maximum atomic E-state index is 11.7. The maximum Gasteiger partial charge on any atom is 0.340 e. The van der Waals surface area contributed by atoms with Crippen molar-refractivity contribution < 1.29 is 14.3 Å². The Balaban J connectivity index is 2.88. The Morgan fingerprint density at radius 3 is 2.68 bits per heavy atom.